The third kappa shape index (κ3) is 3.73. The van der Waals surface area contributed by atoms with E-state index in [2.05, 4.69) is 9.97 Å². The number of carbonyl (C=O) groups excluding carboxylic acids is 2. The highest BCUT2D eigenvalue weighted by atomic mass is 16.5. The summed E-state index contributed by atoms with van der Waals surface area (Å²) in [6.07, 6.45) is 3.50. The minimum atomic E-state index is -0.482. The molecule has 1 aromatic rings. The summed E-state index contributed by atoms with van der Waals surface area (Å²) >= 11 is 0. The van der Waals surface area contributed by atoms with Gasteiger partial charge in [-0.3, -0.25) is 4.79 Å². The average Bonchev–Trinajstić information content (AvgIpc) is 2.61. The van der Waals surface area contributed by atoms with Gasteiger partial charge in [0.2, 0.25) is 11.9 Å². The van der Waals surface area contributed by atoms with E-state index in [9.17, 15) is 14.7 Å². The van der Waals surface area contributed by atoms with Crippen LogP contribution >= 0.6 is 0 Å². The highest BCUT2D eigenvalue weighted by Gasteiger charge is 2.42. The summed E-state index contributed by atoms with van der Waals surface area (Å²) in [5.41, 5.74) is 0.184. The number of nitrogens with zero attached hydrogens (tertiary/aromatic N) is 4. The van der Waals surface area contributed by atoms with Crippen molar-refractivity contribution < 1.29 is 19.4 Å². The molecular weight excluding hydrogens is 324 g/mol. The summed E-state index contributed by atoms with van der Waals surface area (Å²) in [4.78, 5) is 35.7. The number of aliphatic hydroxyl groups excluding tert-OH is 1. The van der Waals surface area contributed by atoms with Crippen LogP contribution in [0.15, 0.2) is 12.3 Å². The molecule has 2 fully saturated rings. The fourth-order valence-electron chi connectivity index (χ4n) is 3.85. The summed E-state index contributed by atoms with van der Waals surface area (Å²) in [6.45, 7) is 4.11. The summed E-state index contributed by atoms with van der Waals surface area (Å²) in [5.74, 6) is 0.0387. The molecule has 0 aliphatic carbocycles. The molecule has 3 heterocycles. The lowest BCUT2D eigenvalue weighted by Crippen LogP contribution is -2.55. The molecule has 1 aromatic heterocycles. The minimum absolute atomic E-state index is 0.00895. The zero-order chi connectivity index (χ0) is 18.0. The standard InChI is InChI=1S/C17H24N4O4/c1-12(22)21-10-13(23)9-17(11-21)4-7-20(8-5-17)16-18-6-3-14(19-16)15(24)25-2/h3,6,13,23H,4-5,7-11H2,1-2H3. The third-order valence-corrected chi connectivity index (χ3v) is 5.22. The van der Waals surface area contributed by atoms with Gasteiger partial charge < -0.3 is 19.6 Å². The molecule has 136 valence electrons. The molecule has 0 aromatic carbocycles. The Morgan fingerprint density at radius 1 is 1.36 bits per heavy atom. The Morgan fingerprint density at radius 2 is 2.08 bits per heavy atom. The molecule has 1 amide bonds. The quantitative estimate of drug-likeness (QED) is 0.776. The molecule has 25 heavy (non-hydrogen) atoms. The summed E-state index contributed by atoms with van der Waals surface area (Å²) in [5, 5.41) is 10.2. The van der Waals surface area contributed by atoms with Crippen molar-refractivity contribution in [2.45, 2.75) is 32.3 Å². The normalized spacial score (nSPS) is 22.8. The minimum Gasteiger partial charge on any atom is -0.464 e. The maximum Gasteiger partial charge on any atom is 0.356 e. The molecule has 2 aliphatic rings. The number of rotatable bonds is 2. The molecule has 1 atom stereocenters. The van der Waals surface area contributed by atoms with Crippen molar-refractivity contribution >= 4 is 17.8 Å². The fourth-order valence-corrected chi connectivity index (χ4v) is 3.85. The van der Waals surface area contributed by atoms with Gasteiger partial charge in [0.15, 0.2) is 5.69 Å². The second-order valence-electron chi connectivity index (χ2n) is 6.98. The molecule has 1 spiro atoms. The van der Waals surface area contributed by atoms with Gasteiger partial charge in [0.25, 0.3) is 0 Å². The van der Waals surface area contributed by atoms with Crippen LogP contribution < -0.4 is 4.90 Å². The van der Waals surface area contributed by atoms with E-state index in [1.54, 1.807) is 18.0 Å². The zero-order valence-electron chi connectivity index (χ0n) is 14.6. The Labute approximate surface area is 146 Å². The van der Waals surface area contributed by atoms with E-state index < -0.39 is 12.1 Å². The van der Waals surface area contributed by atoms with E-state index in [1.807, 2.05) is 4.90 Å². The highest BCUT2D eigenvalue weighted by molar-refractivity contribution is 5.87. The lowest BCUT2D eigenvalue weighted by molar-refractivity contribution is -0.137. The van der Waals surface area contributed by atoms with Gasteiger partial charge >= 0.3 is 5.97 Å². The van der Waals surface area contributed by atoms with Gasteiger partial charge in [-0.25, -0.2) is 14.8 Å². The third-order valence-electron chi connectivity index (χ3n) is 5.22. The SMILES string of the molecule is COC(=O)c1ccnc(N2CCC3(CC2)CC(O)CN(C(C)=O)C3)n1. The van der Waals surface area contributed by atoms with Gasteiger partial charge in [-0.1, -0.05) is 0 Å². The molecule has 8 heteroatoms. The Balaban J connectivity index is 1.69. The number of hydrogen-bond donors (Lipinski definition) is 1. The molecule has 1 unspecified atom stereocenters. The molecule has 0 radical (unpaired) electrons. The molecule has 2 saturated heterocycles. The van der Waals surface area contributed by atoms with Crippen LogP contribution in [0.1, 0.15) is 36.7 Å². The number of piperidine rings is 2. The number of hydrogen-bond acceptors (Lipinski definition) is 7. The molecule has 8 nitrogen and oxygen atoms in total. The van der Waals surface area contributed by atoms with Crippen molar-refractivity contribution in [1.29, 1.82) is 0 Å². The van der Waals surface area contributed by atoms with Crippen LogP contribution in [0.4, 0.5) is 5.95 Å². The maximum atomic E-state index is 11.7. The van der Waals surface area contributed by atoms with Crippen molar-refractivity contribution in [1.82, 2.24) is 14.9 Å². The van der Waals surface area contributed by atoms with Crippen molar-refractivity contribution in [3.8, 4) is 0 Å². The van der Waals surface area contributed by atoms with E-state index in [0.717, 1.165) is 25.9 Å². The number of ether oxygens (including phenoxy) is 1. The number of carbonyl (C=O) groups is 2. The topological polar surface area (TPSA) is 95.9 Å². The van der Waals surface area contributed by atoms with Gasteiger partial charge in [0, 0.05) is 39.3 Å². The number of likely N-dealkylation sites (tertiary alicyclic amines) is 1. The second kappa shape index (κ2) is 6.95. The predicted molar refractivity (Wildman–Crippen MR) is 90.1 cm³/mol. The molecule has 2 aliphatic heterocycles. The van der Waals surface area contributed by atoms with Gasteiger partial charge in [0.05, 0.1) is 13.2 Å². The molecule has 3 rings (SSSR count). The maximum absolute atomic E-state index is 11.7. The monoisotopic (exact) mass is 348 g/mol. The lowest BCUT2D eigenvalue weighted by atomic mass is 9.71. The van der Waals surface area contributed by atoms with E-state index in [4.69, 9.17) is 4.74 Å². The van der Waals surface area contributed by atoms with E-state index >= 15 is 0 Å². The highest BCUT2D eigenvalue weighted by Crippen LogP contribution is 2.40. The van der Waals surface area contributed by atoms with E-state index in [-0.39, 0.29) is 17.0 Å². The summed E-state index contributed by atoms with van der Waals surface area (Å²) < 4.78 is 4.70. The number of aromatic nitrogens is 2. The smallest absolute Gasteiger partial charge is 0.356 e. The van der Waals surface area contributed by atoms with Crippen LogP contribution in [0.3, 0.4) is 0 Å². The number of aliphatic hydroxyl groups is 1. The van der Waals surface area contributed by atoms with Crippen molar-refractivity contribution in [2.75, 3.05) is 38.2 Å². The van der Waals surface area contributed by atoms with E-state index in [0.29, 0.717) is 25.5 Å². The Hall–Kier alpha value is -2.22. The number of β-amino-alcohol motifs (C(OH)–C–C–N with tert-alkyl or cyclic N) is 1. The number of anilines is 1. The van der Waals surface area contributed by atoms with Crippen LogP contribution in [-0.2, 0) is 9.53 Å². The number of esters is 1. The number of amides is 1. The summed E-state index contributed by atoms with van der Waals surface area (Å²) in [7, 11) is 1.32. The first kappa shape index (κ1) is 17.6. The first-order chi connectivity index (χ1) is 11.9. The van der Waals surface area contributed by atoms with Crippen LogP contribution in [0.5, 0.6) is 0 Å². The lowest BCUT2D eigenvalue weighted by Gasteiger charge is -2.49. The van der Waals surface area contributed by atoms with Gasteiger partial charge in [-0.2, -0.15) is 0 Å². The fraction of sp³-hybridized carbons (Fsp3) is 0.647. The van der Waals surface area contributed by atoms with Gasteiger partial charge in [0.1, 0.15) is 0 Å². The Kier molecular flexibility index (Phi) is 4.89. The van der Waals surface area contributed by atoms with Crippen LogP contribution in [-0.4, -0.2) is 71.2 Å². The predicted octanol–water partition coefficient (Wildman–Crippen LogP) is 0.463. The first-order valence-corrected chi connectivity index (χ1v) is 8.52. The Morgan fingerprint density at radius 3 is 2.72 bits per heavy atom. The second-order valence-corrected chi connectivity index (χ2v) is 6.98. The Bertz CT molecular complexity index is 658. The summed E-state index contributed by atoms with van der Waals surface area (Å²) in [6, 6.07) is 1.53. The first-order valence-electron chi connectivity index (χ1n) is 8.52. The molecular formula is C17H24N4O4. The average molecular weight is 348 g/mol. The van der Waals surface area contributed by atoms with Crippen LogP contribution in [0.25, 0.3) is 0 Å². The molecule has 0 bridgehead atoms. The van der Waals surface area contributed by atoms with Crippen molar-refractivity contribution in [3.63, 3.8) is 0 Å². The van der Waals surface area contributed by atoms with Crippen LogP contribution in [0, 0.1) is 5.41 Å². The van der Waals surface area contributed by atoms with Gasteiger partial charge in [-0.05, 0) is 30.7 Å². The van der Waals surface area contributed by atoms with E-state index in [1.165, 1.54) is 13.2 Å². The number of methoxy groups -OCH3 is 1. The van der Waals surface area contributed by atoms with Crippen LogP contribution in [0.2, 0.25) is 0 Å². The largest absolute Gasteiger partial charge is 0.464 e. The zero-order valence-corrected chi connectivity index (χ0v) is 14.6. The van der Waals surface area contributed by atoms with Gasteiger partial charge in [-0.15, -0.1) is 0 Å². The molecule has 1 N–H and O–H groups in total. The van der Waals surface area contributed by atoms with Crippen molar-refractivity contribution in [2.24, 2.45) is 5.41 Å². The van der Waals surface area contributed by atoms with Crippen molar-refractivity contribution in [3.05, 3.63) is 18.0 Å². The molecule has 0 saturated carbocycles.